The van der Waals surface area contributed by atoms with E-state index in [1.54, 1.807) is 23.1 Å². The van der Waals surface area contributed by atoms with Gasteiger partial charge in [-0.1, -0.05) is 0 Å². The number of hydrogen-bond donors (Lipinski definition) is 1. The molecule has 0 spiro atoms. The summed E-state index contributed by atoms with van der Waals surface area (Å²) in [4.78, 5) is 24.5. The smallest absolute Gasteiger partial charge is 0.231 e. The number of nitrogens with zero attached hydrogens (tertiary/aromatic N) is 1. The van der Waals surface area contributed by atoms with Gasteiger partial charge in [0.25, 0.3) is 0 Å². The van der Waals surface area contributed by atoms with Crippen molar-refractivity contribution in [3.63, 3.8) is 0 Å². The van der Waals surface area contributed by atoms with E-state index < -0.39 is 11.8 Å². The molecule has 6 nitrogen and oxygen atoms in total. The summed E-state index contributed by atoms with van der Waals surface area (Å²) in [6.07, 6.45) is 0.170. The van der Waals surface area contributed by atoms with Crippen molar-refractivity contribution in [2.45, 2.75) is 6.42 Å². The molecule has 2 N–H and O–H groups in total. The molecule has 2 amide bonds. The lowest BCUT2D eigenvalue weighted by Gasteiger charge is -2.16. The van der Waals surface area contributed by atoms with Gasteiger partial charge in [0.1, 0.15) is 0 Å². The van der Waals surface area contributed by atoms with E-state index in [-0.39, 0.29) is 19.1 Å². The lowest BCUT2D eigenvalue weighted by molar-refractivity contribution is -0.123. The minimum atomic E-state index is -0.438. The zero-order valence-electron chi connectivity index (χ0n) is 9.59. The summed E-state index contributed by atoms with van der Waals surface area (Å²) >= 11 is 0. The Morgan fingerprint density at radius 2 is 2.11 bits per heavy atom. The largest absolute Gasteiger partial charge is 0.454 e. The second-order valence-corrected chi connectivity index (χ2v) is 4.35. The molecule has 1 aromatic rings. The zero-order valence-corrected chi connectivity index (χ0v) is 9.59. The molecule has 0 bridgehead atoms. The predicted octanol–water partition coefficient (Wildman–Crippen LogP) is 0.253. The van der Waals surface area contributed by atoms with Crippen molar-refractivity contribution in [3.05, 3.63) is 18.2 Å². The Kier molecular flexibility index (Phi) is 2.36. The zero-order chi connectivity index (χ0) is 12.7. The fraction of sp³-hybridized carbons (Fsp3) is 0.333. The first-order valence-electron chi connectivity index (χ1n) is 5.64. The molecule has 6 heteroatoms. The van der Waals surface area contributed by atoms with Crippen LogP contribution in [0.4, 0.5) is 5.69 Å². The molecule has 1 saturated heterocycles. The summed E-state index contributed by atoms with van der Waals surface area (Å²) in [5, 5.41) is 0. The SMILES string of the molecule is NC(=O)[C@@H]1CC(=O)N(c2ccc3c(c2)OCO3)C1. The van der Waals surface area contributed by atoms with Crippen molar-refractivity contribution >= 4 is 17.5 Å². The van der Waals surface area contributed by atoms with Gasteiger partial charge in [0.15, 0.2) is 11.5 Å². The fourth-order valence-electron chi connectivity index (χ4n) is 2.20. The van der Waals surface area contributed by atoms with E-state index in [1.807, 2.05) is 0 Å². The molecule has 2 aliphatic rings. The third-order valence-electron chi connectivity index (χ3n) is 3.20. The van der Waals surface area contributed by atoms with Crippen LogP contribution >= 0.6 is 0 Å². The molecule has 0 aromatic heterocycles. The molecular formula is C12H12N2O4. The van der Waals surface area contributed by atoms with Crippen molar-refractivity contribution < 1.29 is 19.1 Å². The van der Waals surface area contributed by atoms with E-state index >= 15 is 0 Å². The number of rotatable bonds is 2. The highest BCUT2D eigenvalue weighted by molar-refractivity contribution is 6.00. The molecule has 0 aliphatic carbocycles. The number of hydrogen-bond acceptors (Lipinski definition) is 4. The monoisotopic (exact) mass is 248 g/mol. The molecule has 1 fully saturated rings. The maximum absolute atomic E-state index is 11.8. The topological polar surface area (TPSA) is 81.9 Å². The Balaban J connectivity index is 1.87. The number of fused-ring (bicyclic) bond motifs is 1. The maximum Gasteiger partial charge on any atom is 0.231 e. The second-order valence-electron chi connectivity index (χ2n) is 4.35. The minimum absolute atomic E-state index is 0.0994. The molecule has 2 heterocycles. The normalized spacial score (nSPS) is 21.4. The standard InChI is InChI=1S/C12H12N2O4/c13-12(16)7-3-11(15)14(5-7)8-1-2-9-10(4-8)18-6-17-9/h1-2,4,7H,3,5-6H2,(H2,13,16)/t7-/m1/s1. The Hall–Kier alpha value is -2.24. The summed E-state index contributed by atoms with van der Waals surface area (Å²) in [6.45, 7) is 0.518. The highest BCUT2D eigenvalue weighted by Gasteiger charge is 2.34. The number of ether oxygens (including phenoxy) is 2. The number of primary amides is 1. The van der Waals surface area contributed by atoms with Gasteiger partial charge in [-0.25, -0.2) is 0 Å². The fourth-order valence-corrected chi connectivity index (χ4v) is 2.20. The van der Waals surface area contributed by atoms with Gasteiger partial charge < -0.3 is 20.1 Å². The molecule has 2 aliphatic heterocycles. The Morgan fingerprint density at radius 1 is 1.33 bits per heavy atom. The molecule has 3 rings (SSSR count). The van der Waals surface area contributed by atoms with Crippen LogP contribution in [-0.2, 0) is 9.59 Å². The van der Waals surface area contributed by atoms with Crippen molar-refractivity contribution in [2.24, 2.45) is 11.7 Å². The van der Waals surface area contributed by atoms with Gasteiger partial charge in [-0.05, 0) is 12.1 Å². The van der Waals surface area contributed by atoms with Gasteiger partial charge in [0, 0.05) is 24.7 Å². The van der Waals surface area contributed by atoms with Crippen molar-refractivity contribution in [1.82, 2.24) is 0 Å². The number of anilines is 1. The van der Waals surface area contributed by atoms with E-state index in [4.69, 9.17) is 15.2 Å². The van der Waals surface area contributed by atoms with Gasteiger partial charge in [0.2, 0.25) is 18.6 Å². The Labute approximate surface area is 103 Å². The third kappa shape index (κ3) is 1.66. The minimum Gasteiger partial charge on any atom is -0.454 e. The highest BCUT2D eigenvalue weighted by Crippen LogP contribution is 2.37. The summed E-state index contributed by atoms with van der Waals surface area (Å²) in [7, 11) is 0. The number of benzene rings is 1. The molecule has 18 heavy (non-hydrogen) atoms. The number of nitrogens with two attached hydrogens (primary N) is 1. The number of carbonyl (C=O) groups is 2. The average Bonchev–Trinajstić information content (AvgIpc) is 2.93. The summed E-state index contributed by atoms with van der Waals surface area (Å²) in [6, 6.07) is 5.26. The van der Waals surface area contributed by atoms with E-state index in [1.165, 1.54) is 0 Å². The van der Waals surface area contributed by atoms with Crippen LogP contribution in [0.25, 0.3) is 0 Å². The van der Waals surface area contributed by atoms with Gasteiger partial charge in [-0.2, -0.15) is 0 Å². The molecule has 0 saturated carbocycles. The van der Waals surface area contributed by atoms with Gasteiger partial charge in [-0.3, -0.25) is 9.59 Å². The van der Waals surface area contributed by atoms with Crippen molar-refractivity contribution in [1.29, 1.82) is 0 Å². The Morgan fingerprint density at radius 3 is 2.83 bits per heavy atom. The van der Waals surface area contributed by atoms with Crippen LogP contribution in [-0.4, -0.2) is 25.2 Å². The lowest BCUT2D eigenvalue weighted by Crippen LogP contribution is -2.28. The molecule has 1 aromatic carbocycles. The van der Waals surface area contributed by atoms with Crippen LogP contribution in [0.3, 0.4) is 0 Å². The van der Waals surface area contributed by atoms with Crippen LogP contribution in [0.2, 0.25) is 0 Å². The van der Waals surface area contributed by atoms with Crippen LogP contribution in [0.5, 0.6) is 11.5 Å². The lowest BCUT2D eigenvalue weighted by atomic mass is 10.1. The van der Waals surface area contributed by atoms with Crippen LogP contribution < -0.4 is 20.1 Å². The average molecular weight is 248 g/mol. The molecule has 0 radical (unpaired) electrons. The van der Waals surface area contributed by atoms with Gasteiger partial charge >= 0.3 is 0 Å². The van der Waals surface area contributed by atoms with Crippen molar-refractivity contribution in [3.8, 4) is 11.5 Å². The van der Waals surface area contributed by atoms with Crippen LogP contribution in [0.1, 0.15) is 6.42 Å². The molecule has 0 unspecified atom stereocenters. The first-order valence-corrected chi connectivity index (χ1v) is 5.64. The second kappa shape index (κ2) is 3.90. The van der Waals surface area contributed by atoms with Crippen LogP contribution in [0.15, 0.2) is 18.2 Å². The summed E-state index contributed by atoms with van der Waals surface area (Å²) in [5.74, 6) is 0.326. The van der Waals surface area contributed by atoms with Gasteiger partial charge in [0.05, 0.1) is 5.92 Å². The molecule has 1 atom stereocenters. The quantitative estimate of drug-likeness (QED) is 0.813. The predicted molar refractivity (Wildman–Crippen MR) is 62.2 cm³/mol. The number of amides is 2. The number of carbonyl (C=O) groups excluding carboxylic acids is 2. The maximum atomic E-state index is 11.8. The third-order valence-corrected chi connectivity index (χ3v) is 3.20. The highest BCUT2D eigenvalue weighted by atomic mass is 16.7. The van der Waals surface area contributed by atoms with E-state index in [2.05, 4.69) is 0 Å². The van der Waals surface area contributed by atoms with E-state index in [9.17, 15) is 9.59 Å². The summed E-state index contributed by atoms with van der Waals surface area (Å²) in [5.41, 5.74) is 5.93. The van der Waals surface area contributed by atoms with E-state index in [0.717, 1.165) is 0 Å². The Bertz CT molecular complexity index is 529. The molecule has 94 valence electrons. The molecular weight excluding hydrogens is 236 g/mol. The summed E-state index contributed by atoms with van der Waals surface area (Å²) < 4.78 is 10.5. The first kappa shape index (κ1) is 10.9. The van der Waals surface area contributed by atoms with Crippen LogP contribution in [0, 0.1) is 5.92 Å². The van der Waals surface area contributed by atoms with E-state index in [0.29, 0.717) is 23.7 Å². The van der Waals surface area contributed by atoms with Gasteiger partial charge in [-0.15, -0.1) is 0 Å². The van der Waals surface area contributed by atoms with Crippen molar-refractivity contribution in [2.75, 3.05) is 18.2 Å². The first-order chi connectivity index (χ1) is 8.65.